The summed E-state index contributed by atoms with van der Waals surface area (Å²) in [4.78, 5) is 16.1. The molecule has 0 saturated heterocycles. The summed E-state index contributed by atoms with van der Waals surface area (Å²) in [6, 6.07) is 0. The van der Waals surface area contributed by atoms with Crippen molar-refractivity contribution < 1.29 is 14.3 Å². The molecule has 0 spiro atoms. The molecule has 0 atom stereocenters. The van der Waals surface area contributed by atoms with Crippen LogP contribution in [-0.4, -0.2) is 21.0 Å². The van der Waals surface area contributed by atoms with Gasteiger partial charge in [-0.1, -0.05) is 0 Å². The molecule has 66 valence electrons. The van der Waals surface area contributed by atoms with Crippen molar-refractivity contribution in [1.82, 2.24) is 9.97 Å². The maximum atomic E-state index is 12.3. The number of rotatable bonds is 2. The van der Waals surface area contributed by atoms with E-state index in [0.29, 0.717) is 5.69 Å². The van der Waals surface area contributed by atoms with Crippen molar-refractivity contribution in [2.75, 3.05) is 0 Å². The average molecular weight is 193 g/mol. The number of carbonyl (C=O) groups is 1. The van der Waals surface area contributed by atoms with Gasteiger partial charge in [-0.05, 0) is 0 Å². The summed E-state index contributed by atoms with van der Waals surface area (Å²) in [5.41, 5.74) is 0.324. The molecule has 0 aliphatic heterocycles. The number of aromatic nitrogens is 2. The molecule has 4 nitrogen and oxygen atoms in total. The van der Waals surface area contributed by atoms with Gasteiger partial charge in [-0.2, -0.15) is 4.39 Å². The lowest BCUT2D eigenvalue weighted by molar-refractivity contribution is -0.134. The van der Waals surface area contributed by atoms with E-state index >= 15 is 0 Å². The third kappa shape index (κ3) is 2.71. The third-order valence-corrected chi connectivity index (χ3v) is 1.01. The number of hydrogen-bond acceptors (Lipinski definition) is 2. The Kier molecular flexibility index (Phi) is 3.99. The molecule has 0 saturated carbocycles. The van der Waals surface area contributed by atoms with Crippen LogP contribution in [0.4, 0.5) is 4.39 Å². The highest BCUT2D eigenvalue weighted by atomic mass is 35.5. The van der Waals surface area contributed by atoms with E-state index in [2.05, 4.69) is 9.97 Å². The standard InChI is InChI=1S/C6H5FN2O2.ClH/c7-5(6(10)11)1-4-2-8-3-9-4;/h1-3H,(H,8,9)(H,10,11);1H. The largest absolute Gasteiger partial charge is 0.476 e. The van der Waals surface area contributed by atoms with Gasteiger partial charge in [-0.3, -0.25) is 0 Å². The minimum absolute atomic E-state index is 0. The van der Waals surface area contributed by atoms with E-state index in [1.54, 1.807) is 0 Å². The molecule has 1 aromatic rings. The van der Waals surface area contributed by atoms with Gasteiger partial charge in [-0.15, -0.1) is 12.4 Å². The summed E-state index contributed by atoms with van der Waals surface area (Å²) in [6.45, 7) is 0. The van der Waals surface area contributed by atoms with Crippen molar-refractivity contribution in [2.24, 2.45) is 0 Å². The lowest BCUT2D eigenvalue weighted by atomic mass is 10.4. The van der Waals surface area contributed by atoms with Crippen LogP contribution in [0.2, 0.25) is 0 Å². The van der Waals surface area contributed by atoms with Gasteiger partial charge >= 0.3 is 5.97 Å². The summed E-state index contributed by atoms with van der Waals surface area (Å²) in [6.07, 6.45) is 3.51. The molecule has 0 radical (unpaired) electrons. The first-order chi connectivity index (χ1) is 5.20. The van der Waals surface area contributed by atoms with E-state index in [1.165, 1.54) is 12.5 Å². The van der Waals surface area contributed by atoms with E-state index < -0.39 is 11.8 Å². The minimum atomic E-state index is -1.58. The van der Waals surface area contributed by atoms with E-state index in [-0.39, 0.29) is 12.4 Å². The second-order valence-corrected chi connectivity index (χ2v) is 1.80. The lowest BCUT2D eigenvalue weighted by Gasteiger charge is -1.85. The Hall–Kier alpha value is -1.36. The Morgan fingerprint density at radius 1 is 1.75 bits per heavy atom. The topological polar surface area (TPSA) is 66.0 Å². The number of H-pyrrole nitrogens is 1. The van der Waals surface area contributed by atoms with Gasteiger partial charge in [0.15, 0.2) is 0 Å². The molecular weight excluding hydrogens is 187 g/mol. The van der Waals surface area contributed by atoms with Crippen molar-refractivity contribution in [2.45, 2.75) is 0 Å². The number of hydrogen-bond donors (Lipinski definition) is 2. The van der Waals surface area contributed by atoms with Crippen LogP contribution >= 0.6 is 12.4 Å². The van der Waals surface area contributed by atoms with Crippen molar-refractivity contribution in [1.29, 1.82) is 0 Å². The normalized spacial score (nSPS) is 10.6. The number of nitrogens with zero attached hydrogens (tertiary/aromatic N) is 1. The smallest absolute Gasteiger partial charge is 0.364 e. The van der Waals surface area contributed by atoms with Crippen LogP contribution in [0.1, 0.15) is 5.69 Å². The molecule has 0 unspecified atom stereocenters. The van der Waals surface area contributed by atoms with Crippen LogP contribution in [0.25, 0.3) is 6.08 Å². The molecule has 0 aliphatic rings. The van der Waals surface area contributed by atoms with E-state index in [1.807, 2.05) is 0 Å². The van der Waals surface area contributed by atoms with Crippen LogP contribution in [0.3, 0.4) is 0 Å². The molecule has 0 fully saturated rings. The van der Waals surface area contributed by atoms with Crippen LogP contribution < -0.4 is 0 Å². The molecule has 12 heavy (non-hydrogen) atoms. The first-order valence-electron chi connectivity index (χ1n) is 2.79. The second kappa shape index (κ2) is 4.50. The van der Waals surface area contributed by atoms with Crippen molar-refractivity contribution in [3.05, 3.63) is 24.0 Å². The summed E-state index contributed by atoms with van der Waals surface area (Å²) in [7, 11) is 0. The Morgan fingerprint density at radius 2 is 2.42 bits per heavy atom. The molecule has 6 heteroatoms. The van der Waals surface area contributed by atoms with E-state index in [4.69, 9.17) is 5.11 Å². The third-order valence-electron chi connectivity index (χ3n) is 1.01. The van der Waals surface area contributed by atoms with Gasteiger partial charge in [0.1, 0.15) is 0 Å². The van der Waals surface area contributed by atoms with Gasteiger partial charge in [-0.25, -0.2) is 9.78 Å². The number of carboxylic acids is 1. The van der Waals surface area contributed by atoms with Crippen LogP contribution in [0, 0.1) is 0 Å². The SMILES string of the molecule is Cl.O=C(O)C(F)=Cc1cnc[nH]1. The van der Waals surface area contributed by atoms with Crippen LogP contribution in [0.5, 0.6) is 0 Å². The van der Waals surface area contributed by atoms with Gasteiger partial charge in [0, 0.05) is 6.08 Å². The lowest BCUT2D eigenvalue weighted by Crippen LogP contribution is -1.93. The Morgan fingerprint density at radius 3 is 2.83 bits per heavy atom. The first kappa shape index (κ1) is 10.6. The molecular formula is C6H6ClFN2O2. The quantitative estimate of drug-likeness (QED) is 0.693. The number of aliphatic carboxylic acids is 1. The van der Waals surface area contributed by atoms with Crippen molar-refractivity contribution in [3.63, 3.8) is 0 Å². The molecule has 2 N–H and O–H groups in total. The van der Waals surface area contributed by atoms with Gasteiger partial charge in [0.2, 0.25) is 5.83 Å². The fourth-order valence-electron chi connectivity index (χ4n) is 0.544. The number of aromatic amines is 1. The molecule has 0 aromatic carbocycles. The molecule has 0 bridgehead atoms. The summed E-state index contributed by atoms with van der Waals surface area (Å²) in [5.74, 6) is -2.80. The summed E-state index contributed by atoms with van der Waals surface area (Å²) in [5, 5.41) is 8.10. The highest BCUT2D eigenvalue weighted by Crippen LogP contribution is 2.03. The zero-order chi connectivity index (χ0) is 8.27. The highest BCUT2D eigenvalue weighted by Gasteiger charge is 2.04. The minimum Gasteiger partial charge on any atom is -0.476 e. The van der Waals surface area contributed by atoms with Gasteiger partial charge in [0.05, 0.1) is 18.2 Å². The average Bonchev–Trinajstić information content (AvgIpc) is 2.39. The molecule has 0 aliphatic carbocycles. The first-order valence-corrected chi connectivity index (χ1v) is 2.79. The zero-order valence-electron chi connectivity index (χ0n) is 5.82. The monoisotopic (exact) mass is 192 g/mol. The van der Waals surface area contributed by atoms with Crippen LogP contribution in [0.15, 0.2) is 18.4 Å². The van der Waals surface area contributed by atoms with Gasteiger partial charge < -0.3 is 10.1 Å². The van der Waals surface area contributed by atoms with Crippen molar-refractivity contribution >= 4 is 24.5 Å². The maximum absolute atomic E-state index is 12.3. The molecule has 1 aromatic heterocycles. The Bertz CT molecular complexity index is 284. The zero-order valence-corrected chi connectivity index (χ0v) is 6.64. The van der Waals surface area contributed by atoms with Crippen molar-refractivity contribution in [3.8, 4) is 0 Å². The predicted molar refractivity (Wildman–Crippen MR) is 42.6 cm³/mol. The molecule has 0 amide bonds. The van der Waals surface area contributed by atoms with E-state index in [0.717, 1.165) is 6.08 Å². The van der Waals surface area contributed by atoms with Gasteiger partial charge in [0.25, 0.3) is 0 Å². The summed E-state index contributed by atoms with van der Waals surface area (Å²) >= 11 is 0. The Balaban J connectivity index is 0.00000121. The number of halogens is 2. The van der Waals surface area contributed by atoms with Crippen LogP contribution in [-0.2, 0) is 4.79 Å². The fourth-order valence-corrected chi connectivity index (χ4v) is 0.544. The second-order valence-electron chi connectivity index (χ2n) is 1.80. The number of carboxylic acid groups (broad SMARTS) is 1. The number of imidazole rings is 1. The predicted octanol–water partition coefficient (Wildman–Crippen LogP) is 1.23. The fraction of sp³-hybridized carbons (Fsp3) is 0. The molecule has 1 rings (SSSR count). The Labute approximate surface area is 73.5 Å². The number of nitrogens with one attached hydrogen (secondary N) is 1. The molecule has 1 heterocycles. The van der Waals surface area contributed by atoms with E-state index in [9.17, 15) is 9.18 Å². The summed E-state index contributed by atoms with van der Waals surface area (Å²) < 4.78 is 12.3. The maximum Gasteiger partial charge on any atom is 0.364 e. The highest BCUT2D eigenvalue weighted by molar-refractivity contribution is 5.89.